The number of carbonyl (C=O) groups excluding carboxylic acids is 1. The molecule has 0 aliphatic heterocycles. The SMILES string of the molecule is CNCCCC(N)=O.O=C(O)C(F)(F)F. The summed E-state index contributed by atoms with van der Waals surface area (Å²) in [5.74, 6) is -2.98. The first kappa shape index (κ1) is 16.1. The molecule has 0 atom stereocenters. The van der Waals surface area contributed by atoms with E-state index in [0.717, 1.165) is 13.0 Å². The van der Waals surface area contributed by atoms with Crippen LogP contribution in [0.5, 0.6) is 0 Å². The maximum Gasteiger partial charge on any atom is 0.490 e. The van der Waals surface area contributed by atoms with Gasteiger partial charge in [-0.3, -0.25) is 4.79 Å². The molecule has 0 bridgehead atoms. The summed E-state index contributed by atoms with van der Waals surface area (Å²) in [4.78, 5) is 19.0. The molecule has 0 spiro atoms. The summed E-state index contributed by atoms with van der Waals surface area (Å²) in [6.07, 6.45) is -3.76. The van der Waals surface area contributed by atoms with Gasteiger partial charge < -0.3 is 16.2 Å². The van der Waals surface area contributed by atoms with Crippen molar-refractivity contribution in [2.75, 3.05) is 13.6 Å². The molecule has 0 radical (unpaired) electrons. The highest BCUT2D eigenvalue weighted by molar-refractivity contribution is 5.73. The van der Waals surface area contributed by atoms with Gasteiger partial charge in [-0.05, 0) is 20.0 Å². The molecule has 0 aromatic rings. The van der Waals surface area contributed by atoms with Crippen molar-refractivity contribution >= 4 is 11.9 Å². The van der Waals surface area contributed by atoms with Gasteiger partial charge in [0.2, 0.25) is 5.91 Å². The summed E-state index contributed by atoms with van der Waals surface area (Å²) in [5.41, 5.74) is 4.87. The Morgan fingerprint density at radius 1 is 1.40 bits per heavy atom. The number of hydrogen-bond donors (Lipinski definition) is 3. The van der Waals surface area contributed by atoms with Crippen molar-refractivity contribution < 1.29 is 27.9 Å². The van der Waals surface area contributed by atoms with E-state index in [9.17, 15) is 18.0 Å². The van der Waals surface area contributed by atoms with Gasteiger partial charge in [0.15, 0.2) is 0 Å². The van der Waals surface area contributed by atoms with E-state index in [2.05, 4.69) is 5.32 Å². The fraction of sp³-hybridized carbons (Fsp3) is 0.714. The number of nitrogens with one attached hydrogen (secondary N) is 1. The topological polar surface area (TPSA) is 92.4 Å². The molecular weight excluding hydrogens is 217 g/mol. The van der Waals surface area contributed by atoms with E-state index in [1.807, 2.05) is 7.05 Å². The Kier molecular flexibility index (Phi) is 8.64. The summed E-state index contributed by atoms with van der Waals surface area (Å²) in [6.45, 7) is 0.864. The molecule has 15 heavy (non-hydrogen) atoms. The van der Waals surface area contributed by atoms with Crippen molar-refractivity contribution in [1.82, 2.24) is 5.32 Å². The summed E-state index contributed by atoms with van der Waals surface area (Å²) in [5, 5.41) is 10.0. The van der Waals surface area contributed by atoms with Crippen LogP contribution in [0.2, 0.25) is 0 Å². The number of carboxylic acid groups (broad SMARTS) is 1. The number of aliphatic carboxylic acids is 1. The van der Waals surface area contributed by atoms with Crippen LogP contribution in [-0.4, -0.2) is 36.8 Å². The quantitative estimate of drug-likeness (QED) is 0.597. The van der Waals surface area contributed by atoms with Gasteiger partial charge in [0.25, 0.3) is 0 Å². The molecule has 0 fully saturated rings. The van der Waals surface area contributed by atoms with Crippen molar-refractivity contribution in [3.05, 3.63) is 0 Å². The number of halogens is 3. The molecule has 4 N–H and O–H groups in total. The highest BCUT2D eigenvalue weighted by Gasteiger charge is 2.38. The lowest BCUT2D eigenvalue weighted by atomic mass is 10.3. The maximum atomic E-state index is 10.6. The number of rotatable bonds is 4. The zero-order valence-corrected chi connectivity index (χ0v) is 8.10. The second kappa shape index (κ2) is 8.04. The van der Waals surface area contributed by atoms with Gasteiger partial charge in [-0.2, -0.15) is 13.2 Å². The average Bonchev–Trinajstić information content (AvgIpc) is 2.03. The van der Waals surface area contributed by atoms with Crippen molar-refractivity contribution in [2.24, 2.45) is 5.73 Å². The van der Waals surface area contributed by atoms with E-state index in [0.29, 0.717) is 6.42 Å². The minimum absolute atomic E-state index is 0.222. The highest BCUT2D eigenvalue weighted by Crippen LogP contribution is 2.13. The number of carbonyl (C=O) groups is 2. The number of alkyl halides is 3. The maximum absolute atomic E-state index is 10.6. The van der Waals surface area contributed by atoms with E-state index in [-0.39, 0.29) is 5.91 Å². The largest absolute Gasteiger partial charge is 0.490 e. The van der Waals surface area contributed by atoms with E-state index in [1.165, 1.54) is 0 Å². The molecule has 0 saturated carbocycles. The van der Waals surface area contributed by atoms with Crippen molar-refractivity contribution in [3.63, 3.8) is 0 Å². The fourth-order valence-corrected chi connectivity index (χ4v) is 0.439. The predicted molar refractivity (Wildman–Crippen MR) is 46.0 cm³/mol. The van der Waals surface area contributed by atoms with Crippen LogP contribution in [0.3, 0.4) is 0 Å². The van der Waals surface area contributed by atoms with E-state index in [4.69, 9.17) is 15.6 Å². The number of hydrogen-bond acceptors (Lipinski definition) is 3. The summed E-state index contributed by atoms with van der Waals surface area (Å²) >= 11 is 0. The third-order valence-electron chi connectivity index (χ3n) is 1.09. The second-order valence-corrected chi connectivity index (χ2v) is 2.48. The predicted octanol–water partition coefficient (Wildman–Crippen LogP) is 0.105. The normalized spacial score (nSPS) is 10.1. The third-order valence-corrected chi connectivity index (χ3v) is 1.09. The molecule has 0 saturated heterocycles. The van der Waals surface area contributed by atoms with Gasteiger partial charge in [-0.15, -0.1) is 0 Å². The monoisotopic (exact) mass is 230 g/mol. The molecule has 0 rings (SSSR count). The molecule has 0 aromatic heterocycles. The Morgan fingerprint density at radius 2 is 1.80 bits per heavy atom. The number of amides is 1. The standard InChI is InChI=1S/C5H12N2O.C2HF3O2/c1-7-4-2-3-5(6)8;3-2(4,5)1(6)7/h7H,2-4H2,1H3,(H2,6,8);(H,6,7). The zero-order valence-electron chi connectivity index (χ0n) is 8.10. The van der Waals surface area contributed by atoms with Gasteiger partial charge in [0.05, 0.1) is 0 Å². The Hall–Kier alpha value is -1.31. The summed E-state index contributed by atoms with van der Waals surface area (Å²) in [6, 6.07) is 0. The minimum atomic E-state index is -5.08. The van der Waals surface area contributed by atoms with Gasteiger partial charge >= 0.3 is 12.1 Å². The van der Waals surface area contributed by atoms with Gasteiger partial charge in [-0.25, -0.2) is 4.79 Å². The Bertz CT molecular complexity index is 206. The first-order valence-corrected chi connectivity index (χ1v) is 3.94. The lowest BCUT2D eigenvalue weighted by Crippen LogP contribution is -2.21. The van der Waals surface area contributed by atoms with Crippen LogP contribution in [0.15, 0.2) is 0 Å². The Balaban J connectivity index is 0. The number of nitrogens with two attached hydrogens (primary N) is 1. The van der Waals surface area contributed by atoms with Crippen molar-refractivity contribution in [2.45, 2.75) is 19.0 Å². The molecule has 0 heterocycles. The lowest BCUT2D eigenvalue weighted by Gasteiger charge is -1.93. The van der Waals surface area contributed by atoms with Crippen LogP contribution in [0.1, 0.15) is 12.8 Å². The third kappa shape index (κ3) is 15.4. The lowest BCUT2D eigenvalue weighted by molar-refractivity contribution is -0.192. The average molecular weight is 230 g/mol. The Labute approximate surface area is 84.4 Å². The van der Waals surface area contributed by atoms with E-state index >= 15 is 0 Å². The molecule has 8 heteroatoms. The van der Waals surface area contributed by atoms with Crippen LogP contribution < -0.4 is 11.1 Å². The van der Waals surface area contributed by atoms with Gasteiger partial charge in [0, 0.05) is 6.42 Å². The molecule has 90 valence electrons. The van der Waals surface area contributed by atoms with Crippen LogP contribution in [0.25, 0.3) is 0 Å². The van der Waals surface area contributed by atoms with Crippen LogP contribution in [0.4, 0.5) is 13.2 Å². The molecule has 5 nitrogen and oxygen atoms in total. The molecular formula is C7H13F3N2O3. The number of primary amides is 1. The molecule has 1 amide bonds. The molecule has 0 unspecified atom stereocenters. The summed E-state index contributed by atoms with van der Waals surface area (Å²) < 4.78 is 31.7. The second-order valence-electron chi connectivity index (χ2n) is 2.48. The first-order chi connectivity index (χ1) is 6.71. The highest BCUT2D eigenvalue weighted by atomic mass is 19.4. The van der Waals surface area contributed by atoms with Crippen molar-refractivity contribution in [3.8, 4) is 0 Å². The molecule has 0 aliphatic carbocycles. The zero-order chi connectivity index (χ0) is 12.5. The number of carboxylic acids is 1. The first-order valence-electron chi connectivity index (χ1n) is 3.94. The van der Waals surface area contributed by atoms with Crippen LogP contribution in [0, 0.1) is 0 Å². The van der Waals surface area contributed by atoms with Gasteiger partial charge in [-0.1, -0.05) is 0 Å². The smallest absolute Gasteiger partial charge is 0.475 e. The Morgan fingerprint density at radius 3 is 2.00 bits per heavy atom. The summed E-state index contributed by atoms with van der Waals surface area (Å²) in [7, 11) is 1.85. The van der Waals surface area contributed by atoms with E-state index < -0.39 is 12.1 Å². The fourth-order valence-electron chi connectivity index (χ4n) is 0.439. The van der Waals surface area contributed by atoms with Crippen LogP contribution >= 0.6 is 0 Å². The van der Waals surface area contributed by atoms with E-state index in [1.54, 1.807) is 0 Å². The minimum Gasteiger partial charge on any atom is -0.475 e. The van der Waals surface area contributed by atoms with Gasteiger partial charge in [0.1, 0.15) is 0 Å². The van der Waals surface area contributed by atoms with Crippen molar-refractivity contribution in [1.29, 1.82) is 0 Å². The molecule has 0 aromatic carbocycles. The van der Waals surface area contributed by atoms with Crippen LogP contribution in [-0.2, 0) is 9.59 Å². The molecule has 0 aliphatic rings.